The van der Waals surface area contributed by atoms with E-state index in [1.165, 1.54) is 0 Å². The number of nitrogens with zero attached hydrogens (tertiary/aromatic N) is 2. The van der Waals surface area contributed by atoms with Crippen molar-refractivity contribution in [2.24, 2.45) is 5.10 Å². The van der Waals surface area contributed by atoms with Gasteiger partial charge in [0.2, 0.25) is 0 Å². The zero-order chi connectivity index (χ0) is 13.3. The van der Waals surface area contributed by atoms with Gasteiger partial charge in [-0.1, -0.05) is 6.58 Å². The predicted molar refractivity (Wildman–Crippen MR) is 68.3 cm³/mol. The molecule has 1 aliphatic carbocycles. The summed E-state index contributed by atoms with van der Waals surface area (Å²) in [5.41, 5.74) is 4.80. The molecule has 0 saturated heterocycles. The van der Waals surface area contributed by atoms with Gasteiger partial charge in [-0.2, -0.15) is 10.2 Å². The molecular weight excluding hydrogens is 232 g/mol. The molecule has 2 atom stereocenters. The van der Waals surface area contributed by atoms with Crippen molar-refractivity contribution in [3.8, 4) is 0 Å². The molecule has 0 amide bonds. The van der Waals surface area contributed by atoms with Crippen LogP contribution in [-0.4, -0.2) is 39.3 Å². The number of nitrogens with one attached hydrogen (secondary N) is 2. The summed E-state index contributed by atoms with van der Waals surface area (Å²) in [6.45, 7) is 5.55. The monoisotopic (exact) mass is 248 g/mol. The highest BCUT2D eigenvalue weighted by atomic mass is 16.3. The molecule has 0 aromatic carbocycles. The van der Waals surface area contributed by atoms with Gasteiger partial charge < -0.3 is 15.6 Å². The van der Waals surface area contributed by atoms with E-state index in [9.17, 15) is 10.2 Å². The van der Waals surface area contributed by atoms with Crippen molar-refractivity contribution in [2.45, 2.75) is 18.9 Å². The lowest BCUT2D eigenvalue weighted by molar-refractivity contribution is 0.128. The number of hydrogen-bond acceptors (Lipinski definition) is 5. The van der Waals surface area contributed by atoms with Crippen molar-refractivity contribution in [3.63, 3.8) is 0 Å². The predicted octanol–water partition coefficient (Wildman–Crippen LogP) is 0.831. The van der Waals surface area contributed by atoms with Crippen LogP contribution >= 0.6 is 0 Å². The molecule has 0 radical (unpaired) electrons. The van der Waals surface area contributed by atoms with Crippen LogP contribution < -0.4 is 5.43 Å². The largest absolute Gasteiger partial charge is 0.511 e. The van der Waals surface area contributed by atoms with Gasteiger partial charge in [-0.15, -0.1) is 0 Å². The number of aromatic amines is 1. The Hall–Kier alpha value is -2.08. The van der Waals surface area contributed by atoms with Gasteiger partial charge in [0.05, 0.1) is 23.4 Å². The minimum atomic E-state index is -0.822. The topological polar surface area (TPSA) is 93.5 Å². The minimum Gasteiger partial charge on any atom is -0.511 e. The van der Waals surface area contributed by atoms with Crippen molar-refractivity contribution in [1.29, 1.82) is 0 Å². The zero-order valence-corrected chi connectivity index (χ0v) is 10.3. The molecule has 0 bridgehead atoms. The maximum Gasteiger partial charge on any atom is 0.112 e. The second-order valence-corrected chi connectivity index (χ2v) is 4.18. The first-order valence-electron chi connectivity index (χ1n) is 5.59. The third kappa shape index (κ3) is 1.80. The first kappa shape index (κ1) is 12.4. The summed E-state index contributed by atoms with van der Waals surface area (Å²) in [6.07, 6.45) is 0.825. The fourth-order valence-corrected chi connectivity index (χ4v) is 2.04. The van der Waals surface area contributed by atoms with E-state index in [1.807, 2.05) is 0 Å². The van der Waals surface area contributed by atoms with Crippen LogP contribution in [0.4, 0.5) is 0 Å². The third-order valence-corrected chi connectivity index (χ3v) is 2.91. The Morgan fingerprint density at radius 1 is 1.61 bits per heavy atom. The van der Waals surface area contributed by atoms with Gasteiger partial charge in [-0.25, -0.2) is 0 Å². The van der Waals surface area contributed by atoms with Crippen LogP contribution in [-0.2, 0) is 0 Å². The molecule has 18 heavy (non-hydrogen) atoms. The number of aliphatic hydroxyl groups excluding tert-OH is 2. The average Bonchev–Trinajstić information content (AvgIpc) is 2.82. The molecule has 1 heterocycles. The summed E-state index contributed by atoms with van der Waals surface area (Å²) in [5, 5.41) is 30.9. The number of hydrogen-bond donors (Lipinski definition) is 4. The van der Waals surface area contributed by atoms with Gasteiger partial charge in [-0.05, 0) is 18.6 Å². The van der Waals surface area contributed by atoms with Crippen LogP contribution in [0, 0.1) is 0 Å². The standard InChI is InChI=1S/C12H16N4O2/c1-6(2)10(16-13-3)9-11(17)8(12(9)18)7-4-5-14-15-7/h4-5,8,11,13,17-18H,1H2,2-3H3,(H,14,15)/b16-10+/t8?,11-/m0/s1. The molecule has 2 rings (SSSR count). The molecule has 1 aliphatic rings. The fourth-order valence-electron chi connectivity index (χ4n) is 2.04. The van der Waals surface area contributed by atoms with E-state index in [0.717, 1.165) is 0 Å². The van der Waals surface area contributed by atoms with Crippen molar-refractivity contribution in [1.82, 2.24) is 15.6 Å². The smallest absolute Gasteiger partial charge is 0.112 e. The number of aliphatic hydroxyl groups is 2. The highest BCUT2D eigenvalue weighted by Crippen LogP contribution is 2.41. The first-order chi connectivity index (χ1) is 8.57. The SMILES string of the molecule is C=C(C)/C(=N\NC)C1=C(O)C(c2cc[nH]n2)[C@@H]1O. The van der Waals surface area contributed by atoms with E-state index < -0.39 is 12.0 Å². The molecule has 0 spiro atoms. The summed E-state index contributed by atoms with van der Waals surface area (Å²) in [7, 11) is 1.65. The lowest BCUT2D eigenvalue weighted by atomic mass is 9.75. The van der Waals surface area contributed by atoms with Crippen molar-refractivity contribution in [3.05, 3.63) is 41.4 Å². The van der Waals surface area contributed by atoms with Gasteiger partial charge in [0, 0.05) is 18.8 Å². The van der Waals surface area contributed by atoms with E-state index in [4.69, 9.17) is 0 Å². The van der Waals surface area contributed by atoms with E-state index in [1.54, 1.807) is 26.2 Å². The van der Waals surface area contributed by atoms with Crippen LogP contribution in [0.1, 0.15) is 18.5 Å². The molecular formula is C12H16N4O2. The van der Waals surface area contributed by atoms with Crippen LogP contribution in [0.2, 0.25) is 0 Å². The summed E-state index contributed by atoms with van der Waals surface area (Å²) in [5.74, 6) is -0.403. The lowest BCUT2D eigenvalue weighted by Crippen LogP contribution is -2.39. The Morgan fingerprint density at radius 2 is 2.33 bits per heavy atom. The lowest BCUT2D eigenvalue weighted by Gasteiger charge is -2.34. The van der Waals surface area contributed by atoms with Crippen LogP contribution in [0.15, 0.2) is 40.8 Å². The number of aromatic nitrogens is 2. The molecule has 4 N–H and O–H groups in total. The summed E-state index contributed by atoms with van der Waals surface area (Å²) in [6, 6.07) is 1.72. The maximum absolute atomic E-state index is 10.1. The highest BCUT2D eigenvalue weighted by Gasteiger charge is 2.44. The molecule has 0 fully saturated rings. The molecule has 96 valence electrons. The molecule has 6 heteroatoms. The fraction of sp³-hybridized carbons (Fsp3) is 0.333. The van der Waals surface area contributed by atoms with Gasteiger partial charge >= 0.3 is 0 Å². The highest BCUT2D eigenvalue weighted by molar-refractivity contribution is 6.13. The Balaban J connectivity index is 2.36. The average molecular weight is 248 g/mol. The van der Waals surface area contributed by atoms with Gasteiger partial charge in [-0.3, -0.25) is 5.10 Å². The van der Waals surface area contributed by atoms with Crippen LogP contribution in [0.5, 0.6) is 0 Å². The molecule has 1 unspecified atom stereocenters. The Morgan fingerprint density at radius 3 is 2.78 bits per heavy atom. The van der Waals surface area contributed by atoms with E-state index in [0.29, 0.717) is 22.6 Å². The van der Waals surface area contributed by atoms with E-state index in [2.05, 4.69) is 27.3 Å². The van der Waals surface area contributed by atoms with E-state index in [-0.39, 0.29) is 5.76 Å². The Bertz CT molecular complexity index is 516. The van der Waals surface area contributed by atoms with Gasteiger partial charge in [0.15, 0.2) is 0 Å². The normalized spacial score (nSPS) is 23.8. The quantitative estimate of drug-likeness (QED) is 0.469. The molecule has 6 nitrogen and oxygen atoms in total. The zero-order valence-electron chi connectivity index (χ0n) is 10.3. The number of H-pyrrole nitrogens is 1. The van der Waals surface area contributed by atoms with Crippen molar-refractivity contribution >= 4 is 5.71 Å². The Labute approximate surface area is 105 Å². The minimum absolute atomic E-state index is 0.0894. The third-order valence-electron chi connectivity index (χ3n) is 2.91. The van der Waals surface area contributed by atoms with Gasteiger partial charge in [0.1, 0.15) is 5.76 Å². The summed E-state index contributed by atoms with van der Waals surface area (Å²) in [4.78, 5) is 0. The van der Waals surface area contributed by atoms with Crippen LogP contribution in [0.3, 0.4) is 0 Å². The number of rotatable bonds is 4. The maximum atomic E-state index is 10.1. The van der Waals surface area contributed by atoms with Gasteiger partial charge in [0.25, 0.3) is 0 Å². The Kier molecular flexibility index (Phi) is 3.20. The number of hydrazone groups is 1. The molecule has 0 aliphatic heterocycles. The number of allylic oxidation sites excluding steroid dienone is 1. The molecule has 0 saturated carbocycles. The summed E-state index contributed by atoms with van der Waals surface area (Å²) < 4.78 is 0. The van der Waals surface area contributed by atoms with Crippen molar-refractivity contribution in [2.75, 3.05) is 7.05 Å². The molecule has 1 aromatic heterocycles. The second-order valence-electron chi connectivity index (χ2n) is 4.18. The molecule has 1 aromatic rings. The second kappa shape index (κ2) is 4.66. The van der Waals surface area contributed by atoms with E-state index >= 15 is 0 Å². The first-order valence-corrected chi connectivity index (χ1v) is 5.59. The van der Waals surface area contributed by atoms with Crippen LogP contribution in [0.25, 0.3) is 0 Å². The summed E-state index contributed by atoms with van der Waals surface area (Å²) >= 11 is 0. The van der Waals surface area contributed by atoms with Crippen molar-refractivity contribution < 1.29 is 10.2 Å².